The van der Waals surface area contributed by atoms with Crippen LogP contribution in [-0.4, -0.2) is 43.6 Å². The number of hydrogen-bond acceptors (Lipinski definition) is 6. The highest BCUT2D eigenvalue weighted by molar-refractivity contribution is 8.00. The smallest absolute Gasteiger partial charge is 0.233 e. The fourth-order valence-corrected chi connectivity index (χ4v) is 4.77. The van der Waals surface area contributed by atoms with Gasteiger partial charge in [0.15, 0.2) is 11.0 Å². The van der Waals surface area contributed by atoms with E-state index in [4.69, 9.17) is 4.74 Å². The quantitative estimate of drug-likeness (QED) is 0.502. The molecule has 1 atom stereocenters. The van der Waals surface area contributed by atoms with Crippen molar-refractivity contribution in [2.24, 2.45) is 0 Å². The predicted molar refractivity (Wildman–Crippen MR) is 126 cm³/mol. The molecule has 1 saturated carbocycles. The molecule has 168 valence electrons. The van der Waals surface area contributed by atoms with Crippen LogP contribution in [0.1, 0.15) is 46.0 Å². The summed E-state index contributed by atoms with van der Waals surface area (Å²) >= 11 is 1.42. The molecule has 2 aromatic heterocycles. The Balaban J connectivity index is 1.60. The third-order valence-electron chi connectivity index (χ3n) is 5.56. The fraction of sp³-hybridized carbons (Fsp3) is 0.417. The lowest BCUT2D eigenvalue weighted by atomic mass is 9.95. The molecule has 1 aliphatic carbocycles. The Morgan fingerprint density at radius 3 is 2.66 bits per heavy atom. The maximum absolute atomic E-state index is 12.8. The topological polar surface area (TPSA) is 81.9 Å². The molecule has 1 aliphatic rings. The van der Waals surface area contributed by atoms with Gasteiger partial charge in [-0.3, -0.25) is 14.3 Å². The molecule has 0 aliphatic heterocycles. The molecule has 4 rings (SSSR count). The third kappa shape index (κ3) is 5.30. The van der Waals surface area contributed by atoms with Gasteiger partial charge in [0.25, 0.3) is 0 Å². The Bertz CT molecular complexity index is 1020. The summed E-state index contributed by atoms with van der Waals surface area (Å²) in [6.45, 7) is 4.49. The number of benzene rings is 1. The molecule has 8 heteroatoms. The van der Waals surface area contributed by atoms with Gasteiger partial charge in [-0.1, -0.05) is 31.0 Å². The van der Waals surface area contributed by atoms with E-state index in [2.05, 4.69) is 20.5 Å². The van der Waals surface area contributed by atoms with Crippen molar-refractivity contribution in [1.29, 1.82) is 0 Å². The maximum atomic E-state index is 12.8. The minimum absolute atomic E-state index is 0.0473. The number of aromatic nitrogens is 4. The molecule has 1 unspecified atom stereocenters. The number of nitrogens with zero attached hydrogens (tertiary/aromatic N) is 4. The van der Waals surface area contributed by atoms with Gasteiger partial charge in [-0.15, -0.1) is 10.2 Å². The Morgan fingerprint density at radius 1 is 1.19 bits per heavy atom. The summed E-state index contributed by atoms with van der Waals surface area (Å²) in [4.78, 5) is 17.1. The SMILES string of the molecule is CCOc1ccc(-n2c(SC(C)C(=O)NC3CCCCC3)nnc2-c2cccnc2)cc1. The summed E-state index contributed by atoms with van der Waals surface area (Å²) < 4.78 is 7.56. The van der Waals surface area contributed by atoms with E-state index >= 15 is 0 Å². The van der Waals surface area contributed by atoms with E-state index in [9.17, 15) is 4.79 Å². The molecular formula is C24H29N5O2S. The fourth-order valence-electron chi connectivity index (χ4n) is 3.90. The van der Waals surface area contributed by atoms with Gasteiger partial charge in [-0.2, -0.15) is 0 Å². The van der Waals surface area contributed by atoms with Gasteiger partial charge in [-0.05, 0) is 63.1 Å². The van der Waals surface area contributed by atoms with Crippen molar-refractivity contribution < 1.29 is 9.53 Å². The molecule has 3 aromatic rings. The molecular weight excluding hydrogens is 422 g/mol. The van der Waals surface area contributed by atoms with E-state index in [1.54, 1.807) is 12.4 Å². The standard InChI is InChI=1S/C24H29N5O2S/c1-3-31-21-13-11-20(12-14-21)29-22(18-8-7-15-25-16-18)27-28-24(29)32-17(2)23(30)26-19-9-5-4-6-10-19/h7-8,11-17,19H,3-6,9-10H2,1-2H3,(H,26,30). The number of ether oxygens (including phenoxy) is 1. The zero-order chi connectivity index (χ0) is 22.3. The summed E-state index contributed by atoms with van der Waals surface area (Å²) in [7, 11) is 0. The Kier molecular flexibility index (Phi) is 7.42. The Labute approximate surface area is 193 Å². The van der Waals surface area contributed by atoms with Crippen molar-refractivity contribution >= 4 is 17.7 Å². The second kappa shape index (κ2) is 10.6. The zero-order valence-corrected chi connectivity index (χ0v) is 19.3. The largest absolute Gasteiger partial charge is 0.494 e. The highest BCUT2D eigenvalue weighted by Crippen LogP contribution is 2.31. The van der Waals surface area contributed by atoms with Crippen LogP contribution in [0.25, 0.3) is 17.1 Å². The van der Waals surface area contributed by atoms with Crippen molar-refractivity contribution in [2.75, 3.05) is 6.61 Å². The van der Waals surface area contributed by atoms with Gasteiger partial charge in [0.05, 0.1) is 11.9 Å². The van der Waals surface area contributed by atoms with Crippen molar-refractivity contribution in [2.45, 2.75) is 62.4 Å². The zero-order valence-electron chi connectivity index (χ0n) is 18.5. The van der Waals surface area contributed by atoms with Gasteiger partial charge >= 0.3 is 0 Å². The van der Waals surface area contributed by atoms with Gasteiger partial charge in [-0.25, -0.2) is 0 Å². The first kappa shape index (κ1) is 22.3. The summed E-state index contributed by atoms with van der Waals surface area (Å²) in [5.74, 6) is 1.54. The number of thioether (sulfide) groups is 1. The van der Waals surface area contributed by atoms with E-state index in [1.165, 1.54) is 31.0 Å². The molecule has 1 amide bonds. The van der Waals surface area contributed by atoms with Crippen LogP contribution in [-0.2, 0) is 4.79 Å². The van der Waals surface area contributed by atoms with Crippen LogP contribution in [0.5, 0.6) is 5.75 Å². The molecule has 0 spiro atoms. The van der Waals surface area contributed by atoms with E-state index < -0.39 is 0 Å². The summed E-state index contributed by atoms with van der Waals surface area (Å²) in [6.07, 6.45) is 9.27. The van der Waals surface area contributed by atoms with Crippen molar-refractivity contribution in [3.8, 4) is 22.8 Å². The summed E-state index contributed by atoms with van der Waals surface area (Å²) in [6, 6.07) is 11.9. The van der Waals surface area contributed by atoms with Crippen molar-refractivity contribution in [1.82, 2.24) is 25.1 Å². The molecule has 0 radical (unpaired) electrons. The molecule has 1 fully saturated rings. The van der Waals surface area contributed by atoms with E-state index in [-0.39, 0.29) is 17.2 Å². The predicted octanol–water partition coefficient (Wildman–Crippen LogP) is 4.66. The van der Waals surface area contributed by atoms with Crippen molar-refractivity contribution in [3.63, 3.8) is 0 Å². The monoisotopic (exact) mass is 451 g/mol. The second-order valence-electron chi connectivity index (χ2n) is 7.91. The van der Waals surface area contributed by atoms with Crippen LogP contribution in [0.4, 0.5) is 0 Å². The van der Waals surface area contributed by atoms with E-state index in [0.29, 0.717) is 17.6 Å². The Morgan fingerprint density at radius 2 is 1.97 bits per heavy atom. The number of rotatable bonds is 8. The van der Waals surface area contributed by atoms with Gasteiger partial charge in [0.1, 0.15) is 5.75 Å². The molecule has 7 nitrogen and oxygen atoms in total. The normalized spacial score (nSPS) is 15.3. The number of nitrogens with one attached hydrogen (secondary N) is 1. The molecule has 0 bridgehead atoms. The number of carbonyl (C=O) groups excluding carboxylic acids is 1. The highest BCUT2D eigenvalue weighted by Gasteiger charge is 2.24. The third-order valence-corrected chi connectivity index (χ3v) is 6.60. The van der Waals surface area contributed by atoms with Crippen LogP contribution < -0.4 is 10.1 Å². The number of pyridine rings is 1. The summed E-state index contributed by atoms with van der Waals surface area (Å²) in [5.41, 5.74) is 1.76. The van der Waals surface area contributed by atoms with Gasteiger partial charge in [0, 0.05) is 29.7 Å². The average Bonchev–Trinajstić information content (AvgIpc) is 3.24. The number of hydrogen-bond donors (Lipinski definition) is 1. The Hall–Kier alpha value is -2.87. The first-order valence-corrected chi connectivity index (χ1v) is 12.1. The molecule has 2 heterocycles. The molecule has 0 saturated heterocycles. The summed E-state index contributed by atoms with van der Waals surface area (Å²) in [5, 5.41) is 12.5. The van der Waals surface area contributed by atoms with Crippen LogP contribution in [0.15, 0.2) is 53.9 Å². The molecule has 1 aromatic carbocycles. The molecule has 32 heavy (non-hydrogen) atoms. The number of carbonyl (C=O) groups is 1. The lowest BCUT2D eigenvalue weighted by molar-refractivity contribution is -0.121. The first-order valence-electron chi connectivity index (χ1n) is 11.2. The molecule has 1 N–H and O–H groups in total. The van der Waals surface area contributed by atoms with E-state index in [1.807, 2.05) is 54.8 Å². The van der Waals surface area contributed by atoms with Crippen LogP contribution in [0.3, 0.4) is 0 Å². The van der Waals surface area contributed by atoms with Crippen LogP contribution >= 0.6 is 11.8 Å². The van der Waals surface area contributed by atoms with Crippen LogP contribution in [0.2, 0.25) is 0 Å². The van der Waals surface area contributed by atoms with Crippen LogP contribution in [0, 0.1) is 0 Å². The van der Waals surface area contributed by atoms with Gasteiger partial charge in [0.2, 0.25) is 5.91 Å². The lowest BCUT2D eigenvalue weighted by Gasteiger charge is -2.24. The number of amides is 1. The first-order chi connectivity index (χ1) is 15.7. The second-order valence-corrected chi connectivity index (χ2v) is 9.22. The average molecular weight is 452 g/mol. The maximum Gasteiger partial charge on any atom is 0.233 e. The van der Waals surface area contributed by atoms with Crippen molar-refractivity contribution in [3.05, 3.63) is 48.8 Å². The minimum Gasteiger partial charge on any atom is -0.494 e. The van der Waals surface area contributed by atoms with E-state index in [0.717, 1.165) is 29.8 Å². The minimum atomic E-state index is -0.288. The lowest BCUT2D eigenvalue weighted by Crippen LogP contribution is -2.40. The highest BCUT2D eigenvalue weighted by atomic mass is 32.2. The van der Waals surface area contributed by atoms with Gasteiger partial charge < -0.3 is 10.1 Å².